The highest BCUT2D eigenvalue weighted by atomic mass is 32.2. The van der Waals surface area contributed by atoms with Crippen molar-refractivity contribution in [2.75, 3.05) is 25.4 Å². The van der Waals surface area contributed by atoms with Gasteiger partial charge in [0.1, 0.15) is 10.6 Å². The summed E-state index contributed by atoms with van der Waals surface area (Å²) in [7, 11) is -4.18. The lowest BCUT2D eigenvalue weighted by molar-refractivity contribution is 0.182. The number of fused-ring (bicyclic) bond motifs is 1. The van der Waals surface area contributed by atoms with Crippen molar-refractivity contribution in [3.8, 4) is 5.75 Å². The maximum absolute atomic E-state index is 12.8. The van der Waals surface area contributed by atoms with Crippen molar-refractivity contribution in [1.82, 2.24) is 10.2 Å². The zero-order chi connectivity index (χ0) is 23.5. The van der Waals surface area contributed by atoms with Crippen LogP contribution in [0.3, 0.4) is 0 Å². The number of carbonyl (C=O) groups is 1. The largest absolute Gasteiger partial charge is 0.465 e. The highest BCUT2D eigenvalue weighted by molar-refractivity contribution is 7.87. The maximum Gasteiger partial charge on any atom is 0.408 e. The summed E-state index contributed by atoms with van der Waals surface area (Å²) >= 11 is 0. The minimum atomic E-state index is -4.18. The van der Waals surface area contributed by atoms with Crippen molar-refractivity contribution in [2.24, 2.45) is 9.98 Å². The molecular weight excluding hydrogens is 434 g/mol. The van der Waals surface area contributed by atoms with Crippen molar-refractivity contribution >= 4 is 21.9 Å². The van der Waals surface area contributed by atoms with E-state index in [1.807, 2.05) is 0 Å². The zero-order valence-electron chi connectivity index (χ0n) is 18.2. The molecule has 2 aromatic rings. The molecule has 1 amide bonds. The molecule has 0 saturated carbocycles. The Hall–Kier alpha value is -3.18. The van der Waals surface area contributed by atoms with E-state index in [4.69, 9.17) is 15.0 Å². The quantitative estimate of drug-likeness (QED) is 0.374. The predicted octanol–water partition coefficient (Wildman–Crippen LogP) is 1.11. The van der Waals surface area contributed by atoms with E-state index in [-0.39, 0.29) is 16.3 Å². The number of nitrogen functional groups attached to an aromatic ring is 1. The van der Waals surface area contributed by atoms with Crippen molar-refractivity contribution in [3.63, 3.8) is 0 Å². The van der Waals surface area contributed by atoms with Gasteiger partial charge in [-0.1, -0.05) is 19.9 Å². The van der Waals surface area contributed by atoms with E-state index in [1.165, 1.54) is 31.2 Å². The summed E-state index contributed by atoms with van der Waals surface area (Å²) in [5.74, 6) is -1.36. The summed E-state index contributed by atoms with van der Waals surface area (Å²) in [6, 6.07) is 9.16. The van der Waals surface area contributed by atoms with E-state index in [0.717, 1.165) is 31.6 Å². The average Bonchev–Trinajstić information content (AvgIpc) is 3.02. The van der Waals surface area contributed by atoms with E-state index < -0.39 is 22.0 Å². The topological polar surface area (TPSA) is 147 Å². The van der Waals surface area contributed by atoms with Gasteiger partial charge in [0.15, 0.2) is 0 Å². The first-order valence-corrected chi connectivity index (χ1v) is 11.6. The van der Waals surface area contributed by atoms with Gasteiger partial charge < -0.3 is 19.9 Å². The lowest BCUT2D eigenvalue weighted by atomic mass is 10.1. The van der Waals surface area contributed by atoms with E-state index in [0.29, 0.717) is 10.7 Å². The molecule has 3 rings (SSSR count). The fraction of sp³-hybridized carbons (Fsp3) is 0.381. The van der Waals surface area contributed by atoms with E-state index in [2.05, 4.69) is 34.0 Å². The molecule has 32 heavy (non-hydrogen) atoms. The van der Waals surface area contributed by atoms with Crippen molar-refractivity contribution in [2.45, 2.75) is 37.9 Å². The number of hydrogen-bond acceptors (Lipinski definition) is 8. The predicted molar refractivity (Wildman–Crippen MR) is 118 cm³/mol. The number of nitrogens with two attached hydrogens (primary N) is 1. The molecule has 0 radical (unpaired) electrons. The summed E-state index contributed by atoms with van der Waals surface area (Å²) < 4.78 is 30.9. The van der Waals surface area contributed by atoms with Crippen LogP contribution < -0.4 is 25.9 Å². The Balaban J connectivity index is 1.79. The van der Waals surface area contributed by atoms with Gasteiger partial charge in [0.2, 0.25) is 5.79 Å². The number of nitrogens with one attached hydrogen (secondary N) is 1. The highest BCUT2D eigenvalue weighted by Gasteiger charge is 2.27. The third-order valence-electron chi connectivity index (χ3n) is 5.13. The number of nitrogens with zero attached hydrogens (tertiary/aromatic N) is 3. The Morgan fingerprint density at radius 1 is 1.16 bits per heavy atom. The van der Waals surface area contributed by atoms with Crippen molar-refractivity contribution in [3.05, 3.63) is 52.7 Å². The third-order valence-corrected chi connectivity index (χ3v) is 6.45. The van der Waals surface area contributed by atoms with Gasteiger partial charge in [-0.25, -0.2) is 14.8 Å². The van der Waals surface area contributed by atoms with Gasteiger partial charge in [-0.2, -0.15) is 8.42 Å². The minimum Gasteiger partial charge on any atom is -0.465 e. The molecule has 2 aromatic carbocycles. The van der Waals surface area contributed by atoms with Gasteiger partial charge in [0.25, 0.3) is 0 Å². The molecule has 0 saturated heterocycles. The molecule has 1 aliphatic rings. The van der Waals surface area contributed by atoms with Crippen molar-refractivity contribution < 1.29 is 22.5 Å². The Bertz CT molecular complexity index is 1240. The normalized spacial score (nSPS) is 17.4. The molecule has 0 bridgehead atoms. The first kappa shape index (κ1) is 23.5. The lowest BCUT2D eigenvalue weighted by Gasteiger charge is -2.18. The van der Waals surface area contributed by atoms with E-state index in [1.54, 1.807) is 12.1 Å². The average molecular weight is 462 g/mol. The van der Waals surface area contributed by atoms with Crippen LogP contribution in [0.4, 0.5) is 10.5 Å². The Kier molecular flexibility index (Phi) is 6.70. The number of anilines is 1. The molecule has 4 N–H and O–H groups in total. The van der Waals surface area contributed by atoms with Crippen LogP contribution in [0.1, 0.15) is 26.3 Å². The second-order valence-corrected chi connectivity index (χ2v) is 9.03. The fourth-order valence-electron chi connectivity index (χ4n) is 3.47. The molecule has 1 unspecified atom stereocenters. The number of amides is 1. The molecule has 0 spiro atoms. The van der Waals surface area contributed by atoms with Crippen LogP contribution in [0.5, 0.6) is 5.75 Å². The first-order valence-electron chi connectivity index (χ1n) is 10.2. The molecule has 10 nitrogen and oxygen atoms in total. The number of likely N-dealkylation sites (N-methyl/N-ethyl adjacent to an activating group) is 1. The lowest BCUT2D eigenvalue weighted by Crippen LogP contribution is -2.41. The molecule has 1 atom stereocenters. The molecule has 1 heterocycles. The molecule has 0 aliphatic carbocycles. The standard InChI is InChI=1S/C21H27N5O5S/c1-4-26(5-2)11-10-14-6-9-19(16(22)12-14)32(29,30)31-15-7-8-17-18(13-15)24-21(3,23-17)25-20(27)28/h6-9,12-13,25H,4-5,10-11,22H2,1-3H3,(H,27,28). The van der Waals surface area contributed by atoms with Crippen LogP contribution in [0.15, 0.2) is 51.3 Å². The minimum absolute atomic E-state index is 0.0206. The SMILES string of the molecule is CCN(CC)CCc1ccc(S(=O)(=O)Oc2ccc3c(c2)=NC(C)(NC(=O)O)N=3)c(N)c1. The molecule has 0 fully saturated rings. The van der Waals surface area contributed by atoms with Gasteiger partial charge in [0, 0.05) is 19.5 Å². The summed E-state index contributed by atoms with van der Waals surface area (Å²) in [6.45, 7) is 8.41. The van der Waals surface area contributed by atoms with Crippen LogP contribution in [-0.4, -0.2) is 49.9 Å². The Morgan fingerprint density at radius 2 is 1.84 bits per heavy atom. The summed E-state index contributed by atoms with van der Waals surface area (Å²) in [6.07, 6.45) is -0.519. The number of hydrogen-bond donors (Lipinski definition) is 3. The summed E-state index contributed by atoms with van der Waals surface area (Å²) in [4.78, 5) is 21.5. The van der Waals surface area contributed by atoms with E-state index in [9.17, 15) is 13.2 Å². The van der Waals surface area contributed by atoms with E-state index >= 15 is 0 Å². The van der Waals surface area contributed by atoms with Crippen LogP contribution >= 0.6 is 0 Å². The van der Waals surface area contributed by atoms with Crippen molar-refractivity contribution in [1.29, 1.82) is 0 Å². The van der Waals surface area contributed by atoms with Gasteiger partial charge in [-0.3, -0.25) is 5.32 Å². The highest BCUT2D eigenvalue weighted by Crippen LogP contribution is 2.24. The zero-order valence-corrected chi connectivity index (χ0v) is 19.0. The van der Waals surface area contributed by atoms with Crippen LogP contribution in [0.2, 0.25) is 0 Å². The Labute approximate surface area is 186 Å². The number of benzene rings is 2. The maximum atomic E-state index is 12.8. The summed E-state index contributed by atoms with van der Waals surface area (Å²) in [5.41, 5.74) is 7.09. The molecule has 1 aliphatic heterocycles. The van der Waals surface area contributed by atoms with Crippen LogP contribution in [0, 0.1) is 0 Å². The monoisotopic (exact) mass is 461 g/mol. The van der Waals surface area contributed by atoms with Crippen LogP contribution in [0.25, 0.3) is 0 Å². The molecular formula is C21H27N5O5S. The second kappa shape index (κ2) is 9.13. The third kappa shape index (κ3) is 5.35. The van der Waals surface area contributed by atoms with Gasteiger partial charge >= 0.3 is 16.2 Å². The van der Waals surface area contributed by atoms with Crippen LogP contribution in [-0.2, 0) is 16.5 Å². The Morgan fingerprint density at radius 3 is 2.47 bits per heavy atom. The molecule has 0 aromatic heterocycles. The van der Waals surface area contributed by atoms with Gasteiger partial charge in [-0.05, 0) is 49.3 Å². The summed E-state index contributed by atoms with van der Waals surface area (Å²) in [5, 5.41) is 11.9. The molecule has 11 heteroatoms. The smallest absolute Gasteiger partial charge is 0.408 e. The first-order chi connectivity index (χ1) is 15.0. The van der Waals surface area contributed by atoms with Gasteiger partial charge in [0.05, 0.1) is 16.4 Å². The second-order valence-electron chi connectivity index (χ2n) is 7.51. The van der Waals surface area contributed by atoms with Gasteiger partial charge in [-0.15, -0.1) is 0 Å². The molecule has 172 valence electrons. The number of rotatable bonds is 9. The number of carboxylic acid groups (broad SMARTS) is 1. The fourth-order valence-corrected chi connectivity index (χ4v) is 4.50.